The first-order chi connectivity index (χ1) is 6.61. The van der Waals surface area contributed by atoms with Crippen molar-refractivity contribution in [2.24, 2.45) is 7.05 Å². The third kappa shape index (κ3) is 1.18. The molecule has 0 radical (unpaired) electrons. The zero-order valence-corrected chi connectivity index (χ0v) is 8.91. The second kappa shape index (κ2) is 3.05. The molecule has 2 heteroatoms. The average Bonchev–Trinajstić information content (AvgIpc) is 2.45. The molecule has 1 aromatic heterocycles. The van der Waals surface area contributed by atoms with Gasteiger partial charge >= 0.3 is 0 Å². The van der Waals surface area contributed by atoms with Crippen molar-refractivity contribution >= 4 is 16.6 Å². The molecule has 0 aliphatic carbocycles. The molecule has 0 atom stereocenters. The first kappa shape index (κ1) is 9.13. The molecule has 74 valence electrons. The molecule has 0 fully saturated rings. The summed E-state index contributed by atoms with van der Waals surface area (Å²) in [6.45, 7) is 4.41. The molecule has 0 saturated heterocycles. The maximum atomic E-state index is 5.95. The summed E-state index contributed by atoms with van der Waals surface area (Å²) >= 11 is 0. The first-order valence-corrected chi connectivity index (χ1v) is 4.94. The lowest BCUT2D eigenvalue weighted by molar-refractivity contribution is 0.857. The molecular formula is C12H16N2. The number of anilines is 1. The summed E-state index contributed by atoms with van der Waals surface area (Å²) in [5.74, 6) is 0.542. The largest absolute Gasteiger partial charge is 0.397 e. The van der Waals surface area contributed by atoms with E-state index < -0.39 is 0 Å². The van der Waals surface area contributed by atoms with Gasteiger partial charge in [0.25, 0.3) is 0 Å². The Bertz CT molecular complexity index is 466. The van der Waals surface area contributed by atoms with E-state index in [0.717, 1.165) is 11.2 Å². The van der Waals surface area contributed by atoms with Crippen LogP contribution in [0.1, 0.15) is 25.3 Å². The highest BCUT2D eigenvalue weighted by Gasteiger charge is 2.10. The summed E-state index contributed by atoms with van der Waals surface area (Å²) in [6.07, 6.45) is 2.17. The van der Waals surface area contributed by atoms with Crippen molar-refractivity contribution in [1.82, 2.24) is 4.57 Å². The van der Waals surface area contributed by atoms with Crippen molar-refractivity contribution in [3.8, 4) is 0 Å². The average molecular weight is 188 g/mol. The number of hydrogen-bond donors (Lipinski definition) is 1. The molecule has 0 saturated carbocycles. The third-order valence-corrected chi connectivity index (χ3v) is 2.69. The Labute approximate surface area is 84.3 Å². The number of nitrogens with zero attached hydrogens (tertiary/aromatic N) is 1. The van der Waals surface area contributed by atoms with E-state index in [1.54, 1.807) is 0 Å². The van der Waals surface area contributed by atoms with E-state index in [1.807, 2.05) is 19.2 Å². The van der Waals surface area contributed by atoms with Crippen molar-refractivity contribution in [1.29, 1.82) is 0 Å². The van der Waals surface area contributed by atoms with Gasteiger partial charge in [-0.2, -0.15) is 0 Å². The number of benzene rings is 1. The molecule has 1 heterocycles. The van der Waals surface area contributed by atoms with Gasteiger partial charge in [0.05, 0.1) is 11.2 Å². The number of fused-ring (bicyclic) bond motifs is 1. The number of rotatable bonds is 1. The fourth-order valence-corrected chi connectivity index (χ4v) is 1.99. The molecule has 2 rings (SSSR count). The monoisotopic (exact) mass is 188 g/mol. The number of aromatic nitrogens is 1. The van der Waals surface area contributed by atoms with Crippen LogP contribution in [0.5, 0.6) is 0 Å². The minimum absolute atomic E-state index is 0.542. The molecule has 0 aliphatic heterocycles. The van der Waals surface area contributed by atoms with Crippen LogP contribution in [0.4, 0.5) is 5.69 Å². The molecule has 0 aliphatic rings. The third-order valence-electron chi connectivity index (χ3n) is 2.69. The topological polar surface area (TPSA) is 30.9 Å². The quantitative estimate of drug-likeness (QED) is 0.685. The van der Waals surface area contributed by atoms with Crippen molar-refractivity contribution in [2.45, 2.75) is 19.8 Å². The van der Waals surface area contributed by atoms with E-state index in [9.17, 15) is 0 Å². The lowest BCUT2D eigenvalue weighted by Crippen LogP contribution is -1.91. The second-order valence-electron chi connectivity index (χ2n) is 4.09. The highest BCUT2D eigenvalue weighted by atomic mass is 14.9. The predicted octanol–water partition coefficient (Wildman–Crippen LogP) is 2.88. The van der Waals surface area contributed by atoms with Gasteiger partial charge in [-0.05, 0) is 17.5 Å². The number of hydrogen-bond acceptors (Lipinski definition) is 1. The summed E-state index contributed by atoms with van der Waals surface area (Å²) in [5, 5.41) is 1.28. The Kier molecular flexibility index (Phi) is 1.99. The molecule has 0 bridgehead atoms. The zero-order valence-electron chi connectivity index (χ0n) is 8.91. The molecule has 0 spiro atoms. The van der Waals surface area contributed by atoms with Crippen LogP contribution in [-0.4, -0.2) is 4.57 Å². The van der Waals surface area contributed by atoms with Gasteiger partial charge in [0.15, 0.2) is 0 Å². The van der Waals surface area contributed by atoms with Crippen LogP contribution in [0.3, 0.4) is 0 Å². The molecule has 1 aromatic carbocycles. The fourth-order valence-electron chi connectivity index (χ4n) is 1.99. The van der Waals surface area contributed by atoms with Gasteiger partial charge in [-0.15, -0.1) is 0 Å². The minimum atomic E-state index is 0.542. The molecule has 2 aromatic rings. The van der Waals surface area contributed by atoms with Crippen LogP contribution >= 0.6 is 0 Å². The zero-order chi connectivity index (χ0) is 10.3. The van der Waals surface area contributed by atoms with Crippen molar-refractivity contribution < 1.29 is 0 Å². The minimum Gasteiger partial charge on any atom is -0.397 e. The van der Waals surface area contributed by atoms with E-state index in [1.165, 1.54) is 10.9 Å². The first-order valence-electron chi connectivity index (χ1n) is 4.94. The molecule has 0 amide bonds. The maximum Gasteiger partial charge on any atom is 0.0714 e. The predicted molar refractivity (Wildman–Crippen MR) is 61.4 cm³/mol. The molecule has 2 N–H and O–H groups in total. The highest BCUT2D eigenvalue weighted by Crippen LogP contribution is 2.29. The maximum absolute atomic E-state index is 5.95. The van der Waals surface area contributed by atoms with Gasteiger partial charge < -0.3 is 10.3 Å². The number of nitrogens with two attached hydrogens (primary N) is 1. The lowest BCUT2D eigenvalue weighted by Gasteiger charge is -2.02. The lowest BCUT2D eigenvalue weighted by atomic mass is 10.0. The molecular weight excluding hydrogens is 172 g/mol. The summed E-state index contributed by atoms with van der Waals surface area (Å²) < 4.78 is 2.11. The summed E-state index contributed by atoms with van der Waals surface area (Å²) in [4.78, 5) is 0. The standard InChI is InChI=1S/C12H16N2/c1-8(2)10-7-14(3)12-9(10)5-4-6-11(12)13/h4-8H,13H2,1-3H3. The van der Waals surface area contributed by atoms with Crippen molar-refractivity contribution in [3.05, 3.63) is 30.0 Å². The molecule has 2 nitrogen and oxygen atoms in total. The molecule has 0 unspecified atom stereocenters. The number of para-hydroxylation sites is 1. The van der Waals surface area contributed by atoms with Gasteiger partial charge in [0, 0.05) is 18.6 Å². The molecule has 14 heavy (non-hydrogen) atoms. The van der Waals surface area contributed by atoms with Crippen LogP contribution in [0.25, 0.3) is 10.9 Å². The van der Waals surface area contributed by atoms with Crippen molar-refractivity contribution in [2.75, 3.05) is 5.73 Å². The highest BCUT2D eigenvalue weighted by molar-refractivity contribution is 5.93. The number of aryl methyl sites for hydroxylation is 1. The van der Waals surface area contributed by atoms with E-state index in [2.05, 4.69) is 30.7 Å². The Hall–Kier alpha value is -1.44. The summed E-state index contributed by atoms with van der Waals surface area (Å²) in [6, 6.07) is 6.11. The Morgan fingerprint density at radius 3 is 2.64 bits per heavy atom. The Morgan fingerprint density at radius 2 is 2.00 bits per heavy atom. The SMILES string of the molecule is CC(C)c1cn(C)c2c(N)cccc12. The van der Waals surface area contributed by atoms with E-state index in [0.29, 0.717) is 5.92 Å². The van der Waals surface area contributed by atoms with Gasteiger partial charge in [0.1, 0.15) is 0 Å². The summed E-state index contributed by atoms with van der Waals surface area (Å²) in [7, 11) is 2.05. The summed E-state index contributed by atoms with van der Waals surface area (Å²) in [5.41, 5.74) is 9.33. The Morgan fingerprint density at radius 1 is 1.29 bits per heavy atom. The van der Waals surface area contributed by atoms with Crippen LogP contribution in [-0.2, 0) is 7.05 Å². The fraction of sp³-hybridized carbons (Fsp3) is 0.333. The smallest absolute Gasteiger partial charge is 0.0714 e. The van der Waals surface area contributed by atoms with Gasteiger partial charge in [0.2, 0.25) is 0 Å². The van der Waals surface area contributed by atoms with E-state index in [4.69, 9.17) is 5.73 Å². The second-order valence-corrected chi connectivity index (χ2v) is 4.09. The number of nitrogen functional groups attached to an aromatic ring is 1. The van der Waals surface area contributed by atoms with E-state index >= 15 is 0 Å². The van der Waals surface area contributed by atoms with Gasteiger partial charge in [-0.25, -0.2) is 0 Å². The van der Waals surface area contributed by atoms with Crippen LogP contribution in [0.2, 0.25) is 0 Å². The van der Waals surface area contributed by atoms with Gasteiger partial charge in [-0.3, -0.25) is 0 Å². The van der Waals surface area contributed by atoms with Crippen LogP contribution < -0.4 is 5.73 Å². The van der Waals surface area contributed by atoms with Crippen LogP contribution in [0.15, 0.2) is 24.4 Å². The van der Waals surface area contributed by atoms with Crippen molar-refractivity contribution in [3.63, 3.8) is 0 Å². The Balaban J connectivity index is 2.84. The van der Waals surface area contributed by atoms with Gasteiger partial charge in [-0.1, -0.05) is 26.0 Å². The normalized spacial score (nSPS) is 11.4. The van der Waals surface area contributed by atoms with E-state index in [-0.39, 0.29) is 0 Å². The van der Waals surface area contributed by atoms with Crippen LogP contribution in [0, 0.1) is 0 Å².